The van der Waals surface area contributed by atoms with Gasteiger partial charge in [-0.3, -0.25) is 19.8 Å². The second-order valence-electron chi connectivity index (χ2n) is 7.04. The third kappa shape index (κ3) is 3.71. The average molecular weight is 433 g/mol. The summed E-state index contributed by atoms with van der Waals surface area (Å²) in [5.41, 5.74) is 0.403. The van der Waals surface area contributed by atoms with E-state index in [-0.39, 0.29) is 40.0 Å². The molecule has 2 aromatic rings. The van der Waals surface area contributed by atoms with E-state index in [9.17, 15) is 33.2 Å². The Morgan fingerprint density at radius 1 is 1.17 bits per heavy atom. The summed E-state index contributed by atoms with van der Waals surface area (Å²) < 4.78 is 23.4. The van der Waals surface area contributed by atoms with Crippen molar-refractivity contribution >= 4 is 38.9 Å². The number of carbonyl (C=O) groups is 2. The minimum atomic E-state index is -3.45. The fourth-order valence-corrected chi connectivity index (χ4v) is 4.21. The van der Waals surface area contributed by atoms with Crippen LogP contribution in [0, 0.1) is 10.1 Å². The van der Waals surface area contributed by atoms with Crippen LogP contribution in [0.4, 0.5) is 21.9 Å². The average Bonchev–Trinajstić information content (AvgIpc) is 2.65. The number of carbonyl (C=O) groups excluding carboxylic acids is 1. The molecule has 0 saturated heterocycles. The zero-order valence-electron chi connectivity index (χ0n) is 16.4. The number of rotatable bonds is 3. The molecule has 3 rings (SSSR count). The van der Waals surface area contributed by atoms with E-state index in [0.717, 1.165) is 11.2 Å². The fraction of sp³-hybridized carbons (Fsp3) is 0.263. The van der Waals surface area contributed by atoms with Gasteiger partial charge in [0.1, 0.15) is 0 Å². The topological polar surface area (TPSA) is 138 Å². The molecule has 0 fully saturated rings. The van der Waals surface area contributed by atoms with E-state index in [0.29, 0.717) is 5.56 Å². The smallest absolute Gasteiger partial charge is 0.411 e. The Bertz CT molecular complexity index is 1160. The Hall–Kier alpha value is -3.47. The first-order valence-electron chi connectivity index (χ1n) is 8.85. The number of nitro groups is 1. The first-order chi connectivity index (χ1) is 13.9. The Morgan fingerprint density at radius 2 is 1.77 bits per heavy atom. The highest BCUT2D eigenvalue weighted by Gasteiger charge is 2.36. The molecule has 1 N–H and O–H groups in total. The van der Waals surface area contributed by atoms with Crippen molar-refractivity contribution in [2.24, 2.45) is 0 Å². The minimum absolute atomic E-state index is 0.00613. The molecule has 2 amide bonds. The molecule has 11 heteroatoms. The van der Waals surface area contributed by atoms with Crippen LogP contribution in [-0.2, 0) is 14.6 Å². The number of hydrogen-bond donors (Lipinski definition) is 1. The summed E-state index contributed by atoms with van der Waals surface area (Å²) in [5, 5.41) is 21.4. The number of nitrogens with zero attached hydrogens (tertiary/aromatic N) is 3. The summed E-state index contributed by atoms with van der Waals surface area (Å²) >= 11 is 0. The molecule has 0 aromatic heterocycles. The minimum Gasteiger partial charge on any atom is -0.465 e. The standard InChI is InChI=1S/C19H19N3O7S/c1-11-10-20(19(24)25)17-8-15(13-4-6-14(7-5-13)30(3,28)29)16(22(26)27)9-18(17)21(11)12(2)23/h4-9,11H,10H2,1-3H3,(H,24,25)/t11-/m0/s1. The molecular formula is C19H19N3O7S. The maximum atomic E-state index is 12.1. The Morgan fingerprint density at radius 3 is 2.23 bits per heavy atom. The second-order valence-corrected chi connectivity index (χ2v) is 9.06. The quantitative estimate of drug-likeness (QED) is 0.580. The van der Waals surface area contributed by atoms with Gasteiger partial charge in [0.05, 0.1) is 32.8 Å². The van der Waals surface area contributed by atoms with Gasteiger partial charge in [0.2, 0.25) is 5.91 Å². The van der Waals surface area contributed by atoms with Crippen LogP contribution in [0.15, 0.2) is 41.3 Å². The van der Waals surface area contributed by atoms with Crippen molar-refractivity contribution in [1.29, 1.82) is 0 Å². The van der Waals surface area contributed by atoms with Crippen molar-refractivity contribution in [3.05, 3.63) is 46.5 Å². The van der Waals surface area contributed by atoms with E-state index in [1.54, 1.807) is 6.92 Å². The van der Waals surface area contributed by atoms with Gasteiger partial charge in [-0.25, -0.2) is 13.2 Å². The number of hydrogen-bond acceptors (Lipinski definition) is 6. The molecule has 1 atom stereocenters. The van der Waals surface area contributed by atoms with E-state index in [4.69, 9.17) is 0 Å². The second kappa shape index (κ2) is 7.41. The highest BCUT2D eigenvalue weighted by atomic mass is 32.2. The molecule has 1 heterocycles. The zero-order chi connectivity index (χ0) is 22.4. The summed E-state index contributed by atoms with van der Waals surface area (Å²) in [6.45, 7) is 2.97. The molecular weight excluding hydrogens is 414 g/mol. The Balaban J connectivity index is 2.28. The highest BCUT2D eigenvalue weighted by molar-refractivity contribution is 7.90. The monoisotopic (exact) mass is 433 g/mol. The van der Waals surface area contributed by atoms with Crippen LogP contribution in [0.2, 0.25) is 0 Å². The molecule has 158 valence electrons. The maximum absolute atomic E-state index is 12.1. The van der Waals surface area contributed by atoms with E-state index in [1.165, 1.54) is 48.2 Å². The molecule has 2 aromatic carbocycles. The molecule has 1 aliphatic rings. The summed E-state index contributed by atoms with van der Waals surface area (Å²) in [6.07, 6.45) is -0.204. The lowest BCUT2D eigenvalue weighted by molar-refractivity contribution is -0.384. The van der Waals surface area contributed by atoms with Gasteiger partial charge in [-0.1, -0.05) is 12.1 Å². The molecule has 0 saturated carbocycles. The number of benzene rings is 2. The van der Waals surface area contributed by atoms with Crippen molar-refractivity contribution in [3.8, 4) is 11.1 Å². The number of fused-ring (bicyclic) bond motifs is 1. The predicted octanol–water partition coefficient (Wildman–Crippen LogP) is 2.90. The van der Waals surface area contributed by atoms with Crippen molar-refractivity contribution < 1.29 is 28.0 Å². The molecule has 10 nitrogen and oxygen atoms in total. The molecule has 0 unspecified atom stereocenters. The lowest BCUT2D eigenvalue weighted by Gasteiger charge is -2.39. The van der Waals surface area contributed by atoms with Gasteiger partial charge in [-0.2, -0.15) is 0 Å². The summed E-state index contributed by atoms with van der Waals surface area (Å²) in [6, 6.07) is 7.51. The normalized spacial score (nSPS) is 16.2. The lowest BCUT2D eigenvalue weighted by Crippen LogP contribution is -2.51. The largest absolute Gasteiger partial charge is 0.465 e. The van der Waals surface area contributed by atoms with Gasteiger partial charge in [0.25, 0.3) is 5.69 Å². The van der Waals surface area contributed by atoms with Crippen molar-refractivity contribution in [2.45, 2.75) is 24.8 Å². The molecule has 1 aliphatic heterocycles. The van der Waals surface area contributed by atoms with Crippen molar-refractivity contribution in [2.75, 3.05) is 22.6 Å². The molecule has 0 radical (unpaired) electrons. The zero-order valence-corrected chi connectivity index (χ0v) is 17.2. The van der Waals surface area contributed by atoms with E-state index >= 15 is 0 Å². The lowest BCUT2D eigenvalue weighted by atomic mass is 9.99. The highest BCUT2D eigenvalue weighted by Crippen LogP contribution is 2.44. The molecule has 0 spiro atoms. The van der Waals surface area contributed by atoms with Crippen LogP contribution in [0.1, 0.15) is 13.8 Å². The van der Waals surface area contributed by atoms with Crippen LogP contribution in [-0.4, -0.2) is 49.3 Å². The number of nitro benzene ring substituents is 1. The number of sulfone groups is 1. The first-order valence-corrected chi connectivity index (χ1v) is 10.7. The van der Waals surface area contributed by atoms with E-state index in [2.05, 4.69) is 0 Å². The summed E-state index contributed by atoms with van der Waals surface area (Å²) in [5.74, 6) is -0.367. The number of anilines is 2. The SMILES string of the molecule is CC(=O)N1c2cc([N+](=O)[O-])c(-c3ccc(S(C)(=O)=O)cc3)cc2N(C(=O)O)C[C@@H]1C. The third-order valence-corrected chi connectivity index (χ3v) is 6.02. The van der Waals surface area contributed by atoms with Gasteiger partial charge < -0.3 is 10.0 Å². The van der Waals surface area contributed by atoms with Gasteiger partial charge in [-0.05, 0) is 30.7 Å². The maximum Gasteiger partial charge on any atom is 0.411 e. The van der Waals surface area contributed by atoms with Gasteiger partial charge >= 0.3 is 6.09 Å². The summed E-state index contributed by atoms with van der Waals surface area (Å²) in [7, 11) is -3.45. The van der Waals surface area contributed by atoms with Crippen LogP contribution >= 0.6 is 0 Å². The predicted molar refractivity (Wildman–Crippen MR) is 110 cm³/mol. The summed E-state index contributed by atoms with van der Waals surface area (Å²) in [4.78, 5) is 37.5. The number of amides is 2. The Kier molecular flexibility index (Phi) is 5.25. The number of carboxylic acid groups (broad SMARTS) is 1. The van der Waals surface area contributed by atoms with Crippen molar-refractivity contribution in [1.82, 2.24) is 0 Å². The van der Waals surface area contributed by atoms with E-state index < -0.39 is 26.9 Å². The van der Waals surface area contributed by atoms with Crippen LogP contribution < -0.4 is 9.80 Å². The van der Waals surface area contributed by atoms with Crippen molar-refractivity contribution in [3.63, 3.8) is 0 Å². The van der Waals surface area contributed by atoms with Gasteiger partial charge in [0.15, 0.2) is 9.84 Å². The van der Waals surface area contributed by atoms with Gasteiger partial charge in [-0.15, -0.1) is 0 Å². The molecule has 30 heavy (non-hydrogen) atoms. The first kappa shape index (κ1) is 21.2. The fourth-order valence-electron chi connectivity index (χ4n) is 3.58. The van der Waals surface area contributed by atoms with Crippen LogP contribution in [0.25, 0.3) is 11.1 Å². The molecule has 0 aliphatic carbocycles. The Labute approximate surface area is 172 Å². The van der Waals surface area contributed by atoms with E-state index in [1.807, 2.05) is 0 Å². The molecule has 0 bridgehead atoms. The van der Waals surface area contributed by atoms with Crippen LogP contribution in [0.3, 0.4) is 0 Å². The third-order valence-electron chi connectivity index (χ3n) is 4.89. The van der Waals surface area contributed by atoms with Crippen LogP contribution in [0.5, 0.6) is 0 Å². The van der Waals surface area contributed by atoms with Gasteiger partial charge in [0, 0.05) is 25.8 Å².